The topological polar surface area (TPSA) is 64.5 Å². The summed E-state index contributed by atoms with van der Waals surface area (Å²) in [6, 6.07) is 18.8. The van der Waals surface area contributed by atoms with Gasteiger partial charge in [0.1, 0.15) is 0 Å². The normalized spacial score (nSPS) is 11.8. The minimum Gasteiger partial charge on any atom is -0.409 e. The van der Waals surface area contributed by atoms with Crippen molar-refractivity contribution in [3.63, 3.8) is 0 Å². The van der Waals surface area contributed by atoms with E-state index in [1.807, 2.05) is 61.5 Å². The van der Waals surface area contributed by atoms with Gasteiger partial charge in [-0.05, 0) is 46.2 Å². The zero-order valence-electron chi connectivity index (χ0n) is 16.3. The number of hydrogen-bond acceptors (Lipinski definition) is 3. The van der Waals surface area contributed by atoms with Crippen LogP contribution in [0.1, 0.15) is 24.5 Å². The van der Waals surface area contributed by atoms with Crippen molar-refractivity contribution in [2.75, 3.05) is 0 Å². The fourth-order valence-corrected chi connectivity index (χ4v) is 3.74. The van der Waals surface area contributed by atoms with Gasteiger partial charge in [-0.1, -0.05) is 76.0 Å². The first-order chi connectivity index (χ1) is 14.6. The van der Waals surface area contributed by atoms with Crippen molar-refractivity contribution in [3.05, 3.63) is 78.0 Å². The van der Waals surface area contributed by atoms with Crippen LogP contribution >= 0.6 is 0 Å². The van der Waals surface area contributed by atoms with Crippen molar-refractivity contribution in [2.45, 2.75) is 19.8 Å². The summed E-state index contributed by atoms with van der Waals surface area (Å²) in [4.78, 5) is 0. The molecule has 0 aliphatic rings. The first-order valence-electron chi connectivity index (χ1n) is 9.62. The zero-order valence-corrected chi connectivity index (χ0v) is 16.3. The Morgan fingerprint density at radius 1 is 1.07 bits per heavy atom. The van der Waals surface area contributed by atoms with Crippen molar-refractivity contribution in [1.82, 2.24) is 15.5 Å². The first kappa shape index (κ1) is 19.6. The van der Waals surface area contributed by atoms with Crippen molar-refractivity contribution in [2.24, 2.45) is 5.16 Å². The van der Waals surface area contributed by atoms with Gasteiger partial charge in [-0.3, -0.25) is 5.10 Å². The molecule has 0 aliphatic carbocycles. The van der Waals surface area contributed by atoms with E-state index in [9.17, 15) is 14.2 Å². The molecule has 1 aromatic heterocycles. The highest BCUT2D eigenvalue weighted by Gasteiger charge is 2.23. The van der Waals surface area contributed by atoms with Gasteiger partial charge in [0, 0.05) is 16.5 Å². The number of halogens is 2. The molecule has 0 unspecified atom stereocenters. The second kappa shape index (κ2) is 8.32. The molecule has 0 bridgehead atoms. The molecule has 30 heavy (non-hydrogen) atoms. The largest absolute Gasteiger partial charge is 0.409 e. The summed E-state index contributed by atoms with van der Waals surface area (Å²) >= 11 is 0. The van der Waals surface area contributed by atoms with Crippen LogP contribution < -0.4 is 0 Å². The highest BCUT2D eigenvalue weighted by molar-refractivity contribution is 6.07. The number of aryl methyl sites for hydroxylation is 1. The van der Waals surface area contributed by atoms with Crippen molar-refractivity contribution in [3.8, 4) is 22.3 Å². The van der Waals surface area contributed by atoms with E-state index in [0.29, 0.717) is 12.0 Å². The Bertz CT molecular complexity index is 1200. The van der Waals surface area contributed by atoms with Gasteiger partial charge in [-0.2, -0.15) is 5.10 Å². The highest BCUT2D eigenvalue weighted by atomic mass is 19.4. The van der Waals surface area contributed by atoms with Crippen LogP contribution in [-0.4, -0.2) is 26.6 Å². The summed E-state index contributed by atoms with van der Waals surface area (Å²) in [6.07, 6.45) is 3.29. The molecule has 0 saturated heterocycles. The molecule has 4 rings (SSSR count). The summed E-state index contributed by atoms with van der Waals surface area (Å²) in [5.74, 6) is -0.796. The quantitative estimate of drug-likeness (QED) is 0.139. The highest BCUT2D eigenvalue weighted by Crippen LogP contribution is 2.38. The van der Waals surface area contributed by atoms with Crippen molar-refractivity contribution < 1.29 is 14.2 Å². The molecule has 5 nitrogen and oxygen atoms in total. The predicted molar refractivity (Wildman–Crippen MR) is 113 cm³/mol. The molecule has 2 N–H and O–H groups in total. The molecule has 4 aromatic rings. The minimum absolute atomic E-state index is 0.166. The van der Waals surface area contributed by atoms with E-state index in [0.717, 1.165) is 39.6 Å². The number of H-pyrrole nitrogens is 1. The summed E-state index contributed by atoms with van der Waals surface area (Å²) in [5, 5.41) is 19.1. The Morgan fingerprint density at radius 2 is 1.87 bits per heavy atom. The van der Waals surface area contributed by atoms with Crippen LogP contribution in [0, 0.1) is 0 Å². The Hall–Kier alpha value is -3.74. The number of nitrogens with zero attached hydrogens (tertiary/aromatic N) is 3. The molecule has 0 amide bonds. The lowest BCUT2D eigenvalue weighted by Gasteiger charge is -2.19. The molecule has 7 heteroatoms. The maximum Gasteiger partial charge on any atom is 0.239 e. The van der Waals surface area contributed by atoms with Crippen LogP contribution in [-0.2, 0) is 6.42 Å². The van der Waals surface area contributed by atoms with E-state index in [-0.39, 0.29) is 5.56 Å². The number of aromatic nitrogens is 2. The Balaban J connectivity index is 2.07. The van der Waals surface area contributed by atoms with Gasteiger partial charge in [0.25, 0.3) is 0 Å². The number of amidine groups is 1. The maximum absolute atomic E-state index is 13.6. The monoisotopic (exact) mass is 406 g/mol. The standard InChI is InChI=1S/C23H20F2N4O/c1-2-6-15-11-19(17-9-10-18-14-26-27-21(18)13-17)22(16-7-4-3-5-8-16)20(12-15)23(28-30)29(24)25/h3-5,7-14,30H,2,6H2,1H3,(H,26,27). The van der Waals surface area contributed by atoms with Crippen molar-refractivity contribution in [1.29, 1.82) is 0 Å². The Morgan fingerprint density at radius 3 is 2.57 bits per heavy atom. The van der Waals surface area contributed by atoms with Crippen molar-refractivity contribution >= 4 is 16.7 Å². The number of fused-ring (bicyclic) bond motifs is 1. The number of nitrogens with one attached hydrogen (secondary N) is 1. The van der Waals surface area contributed by atoms with Gasteiger partial charge in [-0.15, -0.1) is 0 Å². The van der Waals surface area contributed by atoms with Crippen LogP contribution in [0.5, 0.6) is 0 Å². The van der Waals surface area contributed by atoms with Crippen LogP contribution in [0.2, 0.25) is 0 Å². The zero-order chi connectivity index (χ0) is 21.1. The van der Waals surface area contributed by atoms with Crippen LogP contribution in [0.25, 0.3) is 33.2 Å². The lowest BCUT2D eigenvalue weighted by Crippen LogP contribution is -2.17. The fourth-order valence-electron chi connectivity index (χ4n) is 3.74. The molecule has 0 radical (unpaired) electrons. The molecule has 0 saturated carbocycles. The average Bonchev–Trinajstić information content (AvgIpc) is 3.22. The molecule has 0 aliphatic heterocycles. The van der Waals surface area contributed by atoms with Gasteiger partial charge in [0.05, 0.1) is 11.7 Å². The number of benzene rings is 3. The third-order valence-corrected chi connectivity index (χ3v) is 5.05. The second-order valence-corrected chi connectivity index (χ2v) is 7.01. The number of rotatable bonds is 5. The van der Waals surface area contributed by atoms with E-state index < -0.39 is 11.2 Å². The Labute approximate surface area is 172 Å². The van der Waals surface area contributed by atoms with Gasteiger partial charge in [-0.25, -0.2) is 0 Å². The number of hydrogen-bond donors (Lipinski definition) is 2. The van der Waals surface area contributed by atoms with E-state index in [1.165, 1.54) is 0 Å². The van der Waals surface area contributed by atoms with E-state index in [2.05, 4.69) is 15.4 Å². The minimum atomic E-state index is -1.15. The SMILES string of the molecule is CCCc1cc(C(=NO)N(F)F)c(-c2ccccc2)c(-c2ccc3cn[nH]c3c2)c1. The lowest BCUT2D eigenvalue weighted by molar-refractivity contribution is -0.0755. The summed E-state index contributed by atoms with van der Waals surface area (Å²) in [5.41, 5.74) is 4.85. The molecule has 1 heterocycles. The van der Waals surface area contributed by atoms with E-state index in [1.54, 1.807) is 12.3 Å². The third kappa shape index (κ3) is 3.61. The van der Waals surface area contributed by atoms with Gasteiger partial charge in [0.2, 0.25) is 5.84 Å². The van der Waals surface area contributed by atoms with Gasteiger partial charge < -0.3 is 5.21 Å². The number of oxime groups is 1. The molecular weight excluding hydrogens is 386 g/mol. The molecule has 3 aromatic carbocycles. The predicted octanol–water partition coefficient (Wildman–Crippen LogP) is 6.06. The molecule has 0 fully saturated rings. The summed E-state index contributed by atoms with van der Waals surface area (Å²) < 4.78 is 27.3. The summed E-state index contributed by atoms with van der Waals surface area (Å²) in [6.45, 7) is 2.03. The van der Waals surface area contributed by atoms with E-state index >= 15 is 0 Å². The van der Waals surface area contributed by atoms with Crippen LogP contribution in [0.4, 0.5) is 8.96 Å². The average molecular weight is 406 g/mol. The fraction of sp³-hybridized carbons (Fsp3) is 0.130. The van der Waals surface area contributed by atoms with Gasteiger partial charge in [0.15, 0.2) is 0 Å². The number of aromatic amines is 1. The van der Waals surface area contributed by atoms with E-state index in [4.69, 9.17) is 0 Å². The Kier molecular flexibility index (Phi) is 5.43. The third-order valence-electron chi connectivity index (χ3n) is 5.05. The molecule has 152 valence electrons. The maximum atomic E-state index is 13.6. The summed E-state index contributed by atoms with van der Waals surface area (Å²) in [7, 11) is 0. The van der Waals surface area contributed by atoms with Crippen LogP contribution in [0.15, 0.2) is 72.0 Å². The first-order valence-corrected chi connectivity index (χ1v) is 9.62. The van der Waals surface area contributed by atoms with Gasteiger partial charge >= 0.3 is 0 Å². The molecular formula is C23H20F2N4O. The lowest BCUT2D eigenvalue weighted by atomic mass is 9.87. The van der Waals surface area contributed by atoms with Crippen LogP contribution in [0.3, 0.4) is 0 Å². The molecule has 0 atom stereocenters. The smallest absolute Gasteiger partial charge is 0.239 e. The second-order valence-electron chi connectivity index (χ2n) is 7.01. The molecule has 0 spiro atoms.